The van der Waals surface area contributed by atoms with Gasteiger partial charge in [-0.3, -0.25) is 4.79 Å². The summed E-state index contributed by atoms with van der Waals surface area (Å²) in [4.78, 5) is 16.4. The van der Waals surface area contributed by atoms with Crippen LogP contribution in [-0.4, -0.2) is 50.1 Å². The highest BCUT2D eigenvalue weighted by molar-refractivity contribution is 5.82. The fourth-order valence-electron chi connectivity index (χ4n) is 2.65. The first-order valence-corrected chi connectivity index (χ1v) is 7.87. The van der Waals surface area contributed by atoms with Crippen molar-refractivity contribution in [3.63, 3.8) is 0 Å². The lowest BCUT2D eigenvalue weighted by Gasteiger charge is -2.39. The SMILES string of the molecule is COc1cc(F)ccc1N1CCN(C(=O)[C@@H](N)C(C)(C)C)CC1. The van der Waals surface area contributed by atoms with Crippen LogP contribution in [0.3, 0.4) is 0 Å². The number of benzene rings is 1. The summed E-state index contributed by atoms with van der Waals surface area (Å²) in [6.45, 7) is 8.45. The van der Waals surface area contributed by atoms with Gasteiger partial charge in [-0.2, -0.15) is 0 Å². The summed E-state index contributed by atoms with van der Waals surface area (Å²) < 4.78 is 18.6. The molecule has 6 heteroatoms. The van der Waals surface area contributed by atoms with Gasteiger partial charge in [-0.1, -0.05) is 20.8 Å². The summed E-state index contributed by atoms with van der Waals surface area (Å²) in [6, 6.07) is 4.01. The third kappa shape index (κ3) is 3.93. The first-order chi connectivity index (χ1) is 10.7. The van der Waals surface area contributed by atoms with Gasteiger partial charge in [0.15, 0.2) is 0 Å². The lowest BCUT2D eigenvalue weighted by atomic mass is 9.86. The van der Waals surface area contributed by atoms with Crippen LogP contribution in [0.2, 0.25) is 0 Å². The summed E-state index contributed by atoms with van der Waals surface area (Å²) in [5.41, 5.74) is 6.66. The number of halogens is 1. The van der Waals surface area contributed by atoms with Crippen LogP contribution in [0.15, 0.2) is 18.2 Å². The van der Waals surface area contributed by atoms with Crippen LogP contribution in [0.1, 0.15) is 20.8 Å². The van der Waals surface area contributed by atoms with E-state index in [2.05, 4.69) is 4.90 Å². The van der Waals surface area contributed by atoms with Crippen molar-refractivity contribution in [2.45, 2.75) is 26.8 Å². The van der Waals surface area contributed by atoms with Crippen molar-refractivity contribution in [1.29, 1.82) is 0 Å². The van der Waals surface area contributed by atoms with Crippen LogP contribution in [0.25, 0.3) is 0 Å². The Kier molecular flexibility index (Phi) is 5.14. The van der Waals surface area contributed by atoms with Crippen LogP contribution >= 0.6 is 0 Å². The molecule has 0 spiro atoms. The van der Waals surface area contributed by atoms with Gasteiger partial charge in [0.1, 0.15) is 11.6 Å². The van der Waals surface area contributed by atoms with Gasteiger partial charge in [-0.05, 0) is 17.5 Å². The Morgan fingerprint density at radius 3 is 2.39 bits per heavy atom. The van der Waals surface area contributed by atoms with Crippen molar-refractivity contribution in [3.05, 3.63) is 24.0 Å². The normalized spacial score (nSPS) is 17.1. The lowest BCUT2D eigenvalue weighted by molar-refractivity contribution is -0.135. The number of rotatable bonds is 3. The van der Waals surface area contributed by atoms with Gasteiger partial charge in [0.05, 0.1) is 18.8 Å². The molecule has 0 radical (unpaired) electrons. The second-order valence-corrected chi connectivity index (χ2v) is 6.97. The van der Waals surface area contributed by atoms with E-state index in [4.69, 9.17) is 10.5 Å². The number of carbonyl (C=O) groups excluding carboxylic acids is 1. The van der Waals surface area contributed by atoms with Crippen molar-refractivity contribution < 1.29 is 13.9 Å². The zero-order valence-corrected chi connectivity index (χ0v) is 14.3. The summed E-state index contributed by atoms with van der Waals surface area (Å²) in [5.74, 6) is 0.176. The Morgan fingerprint density at radius 2 is 1.87 bits per heavy atom. The van der Waals surface area contributed by atoms with Crippen molar-refractivity contribution in [2.75, 3.05) is 38.2 Å². The predicted molar refractivity (Wildman–Crippen MR) is 89.2 cm³/mol. The Morgan fingerprint density at radius 1 is 1.26 bits per heavy atom. The number of ether oxygens (including phenoxy) is 1. The standard InChI is InChI=1S/C17H26FN3O2/c1-17(2,3)15(19)16(22)21-9-7-20(8-10-21)13-6-5-12(18)11-14(13)23-4/h5-6,11,15H,7-10,19H2,1-4H3/t15-/m1/s1. The van der Waals surface area contributed by atoms with Gasteiger partial charge in [-0.15, -0.1) is 0 Å². The van der Waals surface area contributed by atoms with E-state index in [0.717, 1.165) is 5.69 Å². The molecule has 128 valence electrons. The number of nitrogens with two attached hydrogens (primary N) is 1. The fraction of sp³-hybridized carbons (Fsp3) is 0.588. The molecular formula is C17H26FN3O2. The monoisotopic (exact) mass is 323 g/mol. The van der Waals surface area contributed by atoms with E-state index in [0.29, 0.717) is 31.9 Å². The number of hydrogen-bond acceptors (Lipinski definition) is 4. The van der Waals surface area contributed by atoms with Gasteiger partial charge >= 0.3 is 0 Å². The predicted octanol–water partition coefficient (Wildman–Crippen LogP) is 1.86. The molecule has 5 nitrogen and oxygen atoms in total. The minimum Gasteiger partial charge on any atom is -0.494 e. The third-order valence-electron chi connectivity index (χ3n) is 4.27. The van der Waals surface area contributed by atoms with E-state index in [1.54, 1.807) is 6.07 Å². The number of hydrogen-bond donors (Lipinski definition) is 1. The number of methoxy groups -OCH3 is 1. The highest BCUT2D eigenvalue weighted by Crippen LogP contribution is 2.30. The average molecular weight is 323 g/mol. The number of nitrogens with zero attached hydrogens (tertiary/aromatic N) is 2. The van der Waals surface area contributed by atoms with Crippen LogP contribution < -0.4 is 15.4 Å². The van der Waals surface area contributed by atoms with Crippen LogP contribution in [0.4, 0.5) is 10.1 Å². The average Bonchev–Trinajstić information content (AvgIpc) is 2.52. The maximum Gasteiger partial charge on any atom is 0.240 e. The molecule has 1 aromatic rings. The van der Waals surface area contributed by atoms with E-state index >= 15 is 0 Å². The van der Waals surface area contributed by atoms with E-state index < -0.39 is 6.04 Å². The molecule has 0 bridgehead atoms. The van der Waals surface area contributed by atoms with Crippen molar-refractivity contribution >= 4 is 11.6 Å². The Labute approximate surface area is 137 Å². The van der Waals surface area contributed by atoms with Gasteiger partial charge in [0.25, 0.3) is 0 Å². The summed E-state index contributed by atoms with van der Waals surface area (Å²) >= 11 is 0. The van der Waals surface area contributed by atoms with Crippen LogP contribution in [0.5, 0.6) is 5.75 Å². The molecule has 1 aliphatic rings. The molecule has 1 atom stereocenters. The molecule has 23 heavy (non-hydrogen) atoms. The molecule has 2 rings (SSSR count). The van der Waals surface area contributed by atoms with Gasteiger partial charge in [0.2, 0.25) is 5.91 Å². The summed E-state index contributed by atoms with van der Waals surface area (Å²) in [7, 11) is 1.53. The lowest BCUT2D eigenvalue weighted by Crippen LogP contribution is -2.56. The first kappa shape index (κ1) is 17.5. The zero-order chi connectivity index (χ0) is 17.2. The van der Waals surface area contributed by atoms with Crippen molar-refractivity contribution in [3.8, 4) is 5.75 Å². The van der Waals surface area contributed by atoms with Gasteiger partial charge in [-0.25, -0.2) is 4.39 Å². The molecule has 1 fully saturated rings. The van der Waals surface area contributed by atoms with Crippen molar-refractivity contribution in [2.24, 2.45) is 11.1 Å². The van der Waals surface area contributed by atoms with Gasteiger partial charge in [0, 0.05) is 32.2 Å². The van der Waals surface area contributed by atoms with E-state index in [1.165, 1.54) is 19.2 Å². The number of amides is 1. The number of carbonyl (C=O) groups is 1. The molecule has 1 aliphatic heterocycles. The number of anilines is 1. The van der Waals surface area contributed by atoms with Crippen LogP contribution in [-0.2, 0) is 4.79 Å². The van der Waals surface area contributed by atoms with Gasteiger partial charge < -0.3 is 20.3 Å². The molecule has 2 N–H and O–H groups in total. The summed E-state index contributed by atoms with van der Waals surface area (Å²) in [6.07, 6.45) is 0. The maximum atomic E-state index is 13.3. The Balaban J connectivity index is 2.03. The molecule has 0 saturated carbocycles. The zero-order valence-electron chi connectivity index (χ0n) is 14.3. The molecule has 0 unspecified atom stereocenters. The van der Waals surface area contributed by atoms with E-state index in [9.17, 15) is 9.18 Å². The second-order valence-electron chi connectivity index (χ2n) is 6.97. The van der Waals surface area contributed by atoms with E-state index in [-0.39, 0.29) is 17.1 Å². The highest BCUT2D eigenvalue weighted by Gasteiger charge is 2.32. The molecule has 0 aliphatic carbocycles. The largest absolute Gasteiger partial charge is 0.494 e. The Hall–Kier alpha value is -1.82. The van der Waals surface area contributed by atoms with Crippen molar-refractivity contribution in [1.82, 2.24) is 4.90 Å². The molecular weight excluding hydrogens is 297 g/mol. The molecule has 1 amide bonds. The number of piperazine rings is 1. The second kappa shape index (κ2) is 6.74. The van der Waals surface area contributed by atoms with Crippen LogP contribution in [0, 0.1) is 11.2 Å². The molecule has 1 heterocycles. The molecule has 1 saturated heterocycles. The minimum atomic E-state index is -0.505. The fourth-order valence-corrected chi connectivity index (χ4v) is 2.65. The smallest absolute Gasteiger partial charge is 0.240 e. The molecule has 1 aromatic carbocycles. The topological polar surface area (TPSA) is 58.8 Å². The first-order valence-electron chi connectivity index (χ1n) is 7.87. The highest BCUT2D eigenvalue weighted by atomic mass is 19.1. The Bertz CT molecular complexity index is 563. The minimum absolute atomic E-state index is 0.0109. The third-order valence-corrected chi connectivity index (χ3v) is 4.27. The maximum absolute atomic E-state index is 13.3. The summed E-state index contributed by atoms with van der Waals surface area (Å²) in [5, 5.41) is 0. The quantitative estimate of drug-likeness (QED) is 0.922. The van der Waals surface area contributed by atoms with E-state index in [1.807, 2.05) is 25.7 Å². The molecule has 0 aromatic heterocycles.